The Labute approximate surface area is 176 Å². The van der Waals surface area contributed by atoms with Gasteiger partial charge in [-0.3, -0.25) is 9.36 Å². The van der Waals surface area contributed by atoms with Crippen LogP contribution in [0.25, 0.3) is 5.69 Å². The van der Waals surface area contributed by atoms with Crippen molar-refractivity contribution in [2.24, 2.45) is 0 Å². The molecule has 0 aliphatic heterocycles. The third-order valence-electron chi connectivity index (χ3n) is 4.19. The molecule has 150 valence electrons. The van der Waals surface area contributed by atoms with Gasteiger partial charge >= 0.3 is 5.97 Å². The number of hydrogen-bond acceptors (Lipinski definition) is 7. The smallest absolute Gasteiger partial charge is 0.337 e. The SMILES string of the molecule is COC(=O)c1cccc(-n2c(N)c(C(=O)NCc3ccc(OC)cc3)sc2=S)c1. The molecule has 2 aromatic carbocycles. The van der Waals surface area contributed by atoms with Gasteiger partial charge in [0.2, 0.25) is 0 Å². The molecule has 29 heavy (non-hydrogen) atoms. The van der Waals surface area contributed by atoms with Gasteiger partial charge < -0.3 is 20.5 Å². The number of ether oxygens (including phenoxy) is 2. The summed E-state index contributed by atoms with van der Waals surface area (Å²) in [6, 6.07) is 14.1. The predicted octanol–water partition coefficient (Wildman–Crippen LogP) is 3.58. The van der Waals surface area contributed by atoms with Crippen molar-refractivity contribution in [1.29, 1.82) is 0 Å². The standard InChI is InChI=1S/C20H19N3O4S2/c1-26-15-8-6-12(7-9-15)11-22-18(24)16-17(21)23(20(28)29-16)14-5-3-4-13(10-14)19(25)27-2/h3-10H,11,21H2,1-2H3,(H,22,24). The summed E-state index contributed by atoms with van der Waals surface area (Å²) >= 11 is 6.51. The van der Waals surface area contributed by atoms with E-state index in [9.17, 15) is 9.59 Å². The fraction of sp³-hybridized carbons (Fsp3) is 0.150. The number of nitrogens with two attached hydrogens (primary N) is 1. The van der Waals surface area contributed by atoms with Crippen LogP contribution in [0.3, 0.4) is 0 Å². The zero-order valence-electron chi connectivity index (χ0n) is 15.8. The molecule has 1 aromatic heterocycles. The number of carbonyl (C=O) groups excluding carboxylic acids is 2. The lowest BCUT2D eigenvalue weighted by Gasteiger charge is -2.09. The van der Waals surface area contributed by atoms with Crippen molar-refractivity contribution in [3.8, 4) is 11.4 Å². The van der Waals surface area contributed by atoms with E-state index in [2.05, 4.69) is 5.32 Å². The summed E-state index contributed by atoms with van der Waals surface area (Å²) < 4.78 is 11.8. The first-order valence-electron chi connectivity index (χ1n) is 8.55. The summed E-state index contributed by atoms with van der Waals surface area (Å²) in [7, 11) is 2.91. The molecule has 1 heterocycles. The van der Waals surface area contributed by atoms with E-state index < -0.39 is 5.97 Å². The second kappa shape index (κ2) is 8.89. The number of methoxy groups -OCH3 is 2. The van der Waals surface area contributed by atoms with Gasteiger partial charge in [0.15, 0.2) is 3.95 Å². The number of anilines is 1. The van der Waals surface area contributed by atoms with Crippen molar-refractivity contribution in [3.05, 3.63) is 68.5 Å². The van der Waals surface area contributed by atoms with Crippen LogP contribution in [0.2, 0.25) is 0 Å². The minimum absolute atomic E-state index is 0.217. The first-order chi connectivity index (χ1) is 13.9. The summed E-state index contributed by atoms with van der Waals surface area (Å²) in [5, 5.41) is 2.84. The second-order valence-corrected chi connectivity index (χ2v) is 7.63. The average Bonchev–Trinajstić information content (AvgIpc) is 3.05. The number of carbonyl (C=O) groups is 2. The molecule has 0 saturated carbocycles. The number of nitrogen functional groups attached to an aromatic ring is 1. The second-order valence-electron chi connectivity index (χ2n) is 5.99. The molecule has 0 spiro atoms. The quantitative estimate of drug-likeness (QED) is 0.459. The van der Waals surface area contributed by atoms with Crippen LogP contribution >= 0.6 is 23.6 Å². The maximum absolute atomic E-state index is 12.6. The third-order valence-corrected chi connectivity index (χ3v) is 5.58. The lowest BCUT2D eigenvalue weighted by atomic mass is 10.2. The fourth-order valence-electron chi connectivity index (χ4n) is 2.69. The minimum atomic E-state index is -0.468. The fourth-order valence-corrected chi connectivity index (χ4v) is 3.97. The van der Waals surface area contributed by atoms with E-state index in [-0.39, 0.29) is 11.7 Å². The number of nitrogens with one attached hydrogen (secondary N) is 1. The third kappa shape index (κ3) is 4.47. The van der Waals surface area contributed by atoms with Crippen molar-refractivity contribution < 1.29 is 19.1 Å². The molecular formula is C20H19N3O4S2. The van der Waals surface area contributed by atoms with Crippen molar-refractivity contribution >= 4 is 41.2 Å². The Morgan fingerprint density at radius 3 is 2.55 bits per heavy atom. The average molecular weight is 430 g/mol. The molecular weight excluding hydrogens is 410 g/mol. The molecule has 0 radical (unpaired) electrons. The van der Waals surface area contributed by atoms with Gasteiger partial charge in [0.25, 0.3) is 5.91 Å². The zero-order valence-corrected chi connectivity index (χ0v) is 17.4. The first kappa shape index (κ1) is 20.6. The Hall–Kier alpha value is -3.17. The summed E-state index contributed by atoms with van der Waals surface area (Å²) in [6.45, 7) is 0.338. The van der Waals surface area contributed by atoms with Crippen molar-refractivity contribution in [1.82, 2.24) is 9.88 Å². The van der Waals surface area contributed by atoms with Crippen LogP contribution in [0.4, 0.5) is 5.82 Å². The highest BCUT2D eigenvalue weighted by atomic mass is 32.1. The molecule has 3 N–H and O–H groups in total. The number of thiazole rings is 1. The maximum Gasteiger partial charge on any atom is 0.337 e. The molecule has 0 bridgehead atoms. The number of hydrogen-bond donors (Lipinski definition) is 2. The van der Waals surface area contributed by atoms with Crippen LogP contribution < -0.4 is 15.8 Å². The van der Waals surface area contributed by atoms with Gasteiger partial charge in [-0.2, -0.15) is 0 Å². The van der Waals surface area contributed by atoms with Crippen molar-refractivity contribution in [3.63, 3.8) is 0 Å². The number of esters is 1. The minimum Gasteiger partial charge on any atom is -0.497 e. The maximum atomic E-state index is 12.6. The van der Waals surface area contributed by atoms with Crippen molar-refractivity contribution in [2.75, 3.05) is 20.0 Å². The van der Waals surface area contributed by atoms with E-state index in [0.29, 0.717) is 26.6 Å². The highest BCUT2D eigenvalue weighted by Gasteiger charge is 2.18. The predicted molar refractivity (Wildman–Crippen MR) is 114 cm³/mol. The summed E-state index contributed by atoms with van der Waals surface area (Å²) in [5.74, 6) is 0.171. The van der Waals surface area contributed by atoms with E-state index in [4.69, 9.17) is 27.4 Å². The highest BCUT2D eigenvalue weighted by molar-refractivity contribution is 7.73. The molecule has 9 heteroatoms. The Balaban J connectivity index is 1.82. The lowest BCUT2D eigenvalue weighted by Crippen LogP contribution is -2.23. The monoisotopic (exact) mass is 429 g/mol. The normalized spacial score (nSPS) is 10.4. The number of amides is 1. The summed E-state index contributed by atoms with van der Waals surface area (Å²) in [6.07, 6.45) is 0. The van der Waals surface area contributed by atoms with Gasteiger partial charge in [-0.15, -0.1) is 0 Å². The van der Waals surface area contributed by atoms with Crippen LogP contribution in [-0.2, 0) is 11.3 Å². The van der Waals surface area contributed by atoms with E-state index in [1.165, 1.54) is 7.11 Å². The lowest BCUT2D eigenvalue weighted by molar-refractivity contribution is 0.0600. The van der Waals surface area contributed by atoms with Crippen molar-refractivity contribution in [2.45, 2.75) is 6.54 Å². The van der Waals surface area contributed by atoms with Crippen LogP contribution in [0.15, 0.2) is 48.5 Å². The van der Waals surface area contributed by atoms with Crippen LogP contribution in [-0.4, -0.2) is 30.7 Å². The van der Waals surface area contributed by atoms with Gasteiger partial charge in [0.1, 0.15) is 16.4 Å². The molecule has 0 saturated heterocycles. The van der Waals surface area contributed by atoms with Gasteiger partial charge in [0.05, 0.1) is 25.5 Å². The topological polar surface area (TPSA) is 95.6 Å². The number of nitrogens with zero attached hydrogens (tertiary/aromatic N) is 1. The molecule has 1 amide bonds. The largest absolute Gasteiger partial charge is 0.497 e. The van der Waals surface area contributed by atoms with Gasteiger partial charge in [-0.25, -0.2) is 4.79 Å². The molecule has 0 aliphatic rings. The summed E-state index contributed by atoms with van der Waals surface area (Å²) in [5.41, 5.74) is 8.09. The van der Waals surface area contributed by atoms with Gasteiger partial charge in [-0.05, 0) is 48.1 Å². The molecule has 3 aromatic rings. The molecule has 0 aliphatic carbocycles. The van der Waals surface area contributed by atoms with E-state index in [0.717, 1.165) is 22.6 Å². The molecule has 0 atom stereocenters. The van der Waals surface area contributed by atoms with E-state index in [1.807, 2.05) is 24.3 Å². The first-order valence-corrected chi connectivity index (χ1v) is 9.78. The Kier molecular flexibility index (Phi) is 6.30. The van der Waals surface area contributed by atoms with E-state index >= 15 is 0 Å². The molecule has 0 unspecified atom stereocenters. The number of aromatic nitrogens is 1. The van der Waals surface area contributed by atoms with E-state index in [1.54, 1.807) is 35.9 Å². The molecule has 3 rings (SSSR count). The van der Waals surface area contributed by atoms with Crippen LogP contribution in [0.1, 0.15) is 25.6 Å². The molecule has 7 nitrogen and oxygen atoms in total. The Morgan fingerprint density at radius 1 is 1.17 bits per heavy atom. The van der Waals surface area contributed by atoms with Crippen LogP contribution in [0, 0.1) is 3.95 Å². The van der Waals surface area contributed by atoms with Crippen LogP contribution in [0.5, 0.6) is 5.75 Å². The highest BCUT2D eigenvalue weighted by Crippen LogP contribution is 2.27. The van der Waals surface area contributed by atoms with Gasteiger partial charge in [-0.1, -0.05) is 29.5 Å². The molecule has 0 fully saturated rings. The number of benzene rings is 2. The Morgan fingerprint density at radius 2 is 1.90 bits per heavy atom. The Bertz CT molecular complexity index is 1100. The number of rotatable bonds is 6. The zero-order chi connectivity index (χ0) is 21.0. The summed E-state index contributed by atoms with van der Waals surface area (Å²) in [4.78, 5) is 24.7. The van der Waals surface area contributed by atoms with Gasteiger partial charge in [0, 0.05) is 6.54 Å².